The van der Waals surface area contributed by atoms with Crippen LogP contribution in [0.25, 0.3) is 11.3 Å². The Morgan fingerprint density at radius 3 is 2.63 bits per heavy atom. The van der Waals surface area contributed by atoms with Crippen LogP contribution >= 0.6 is 0 Å². The minimum Gasteiger partial charge on any atom is -0.465 e. The van der Waals surface area contributed by atoms with E-state index in [0.29, 0.717) is 5.56 Å². The van der Waals surface area contributed by atoms with Crippen LogP contribution in [-0.2, 0) is 11.8 Å². The van der Waals surface area contributed by atoms with E-state index in [9.17, 15) is 4.79 Å². The summed E-state index contributed by atoms with van der Waals surface area (Å²) in [6.45, 7) is 0. The van der Waals surface area contributed by atoms with Crippen LogP contribution in [0.15, 0.2) is 48.9 Å². The highest BCUT2D eigenvalue weighted by Crippen LogP contribution is 2.18. The van der Waals surface area contributed by atoms with Crippen molar-refractivity contribution >= 4 is 5.97 Å². The van der Waals surface area contributed by atoms with Gasteiger partial charge in [0.15, 0.2) is 11.9 Å². The Morgan fingerprint density at radius 1 is 1.26 bits per heavy atom. The Kier molecular flexibility index (Phi) is 2.59. The summed E-state index contributed by atoms with van der Waals surface area (Å²) >= 11 is 0. The molecule has 0 unspecified atom stereocenters. The molecule has 19 heavy (non-hydrogen) atoms. The summed E-state index contributed by atoms with van der Waals surface area (Å²) in [6.07, 6.45) is 5.99. The Balaban J connectivity index is 2.04. The SMILES string of the molecule is COC(=O)c1ccc(-c2c[n+]3cccn3n2C)cc1. The topological polar surface area (TPSA) is 39.7 Å². The van der Waals surface area contributed by atoms with Gasteiger partial charge in [-0.25, -0.2) is 4.79 Å². The number of benzene rings is 1. The van der Waals surface area contributed by atoms with Gasteiger partial charge in [-0.15, -0.1) is 4.52 Å². The third-order valence-electron chi connectivity index (χ3n) is 3.21. The van der Waals surface area contributed by atoms with Gasteiger partial charge in [0.25, 0.3) is 0 Å². The van der Waals surface area contributed by atoms with E-state index >= 15 is 0 Å². The third kappa shape index (κ3) is 1.79. The van der Waals surface area contributed by atoms with Crippen molar-refractivity contribution in [2.75, 3.05) is 7.11 Å². The molecule has 0 saturated heterocycles. The zero-order valence-corrected chi connectivity index (χ0v) is 10.8. The lowest BCUT2D eigenvalue weighted by atomic mass is 10.1. The summed E-state index contributed by atoms with van der Waals surface area (Å²) in [5, 5.41) is 0. The van der Waals surface area contributed by atoms with Gasteiger partial charge in [-0.05, 0) is 24.3 Å². The first-order valence-corrected chi connectivity index (χ1v) is 5.94. The van der Waals surface area contributed by atoms with E-state index in [2.05, 4.69) is 4.74 Å². The molecule has 0 amide bonds. The molecule has 2 heterocycles. The van der Waals surface area contributed by atoms with E-state index in [1.54, 1.807) is 12.1 Å². The summed E-state index contributed by atoms with van der Waals surface area (Å²) < 4.78 is 10.7. The normalized spacial score (nSPS) is 10.8. The highest BCUT2D eigenvalue weighted by Gasteiger charge is 2.15. The summed E-state index contributed by atoms with van der Waals surface area (Å²) in [4.78, 5) is 11.4. The number of hydrogen-bond acceptors (Lipinski definition) is 2. The molecule has 0 fully saturated rings. The van der Waals surface area contributed by atoms with Crippen LogP contribution in [-0.4, -0.2) is 22.4 Å². The number of aromatic nitrogens is 3. The van der Waals surface area contributed by atoms with Gasteiger partial charge < -0.3 is 4.74 Å². The number of ether oxygens (including phenoxy) is 1. The van der Waals surface area contributed by atoms with Gasteiger partial charge in [0.2, 0.25) is 0 Å². The van der Waals surface area contributed by atoms with Gasteiger partial charge in [-0.1, -0.05) is 4.63 Å². The van der Waals surface area contributed by atoms with Gasteiger partial charge in [-0.2, -0.15) is 4.68 Å². The highest BCUT2D eigenvalue weighted by atomic mass is 16.5. The second-order valence-corrected chi connectivity index (χ2v) is 4.30. The van der Waals surface area contributed by atoms with Crippen molar-refractivity contribution < 1.29 is 14.0 Å². The lowest BCUT2D eigenvalue weighted by Gasteiger charge is -2.00. The maximum atomic E-state index is 11.4. The predicted molar refractivity (Wildman–Crippen MR) is 68.8 cm³/mol. The van der Waals surface area contributed by atoms with Crippen molar-refractivity contribution in [2.45, 2.75) is 0 Å². The minimum atomic E-state index is -0.319. The molecule has 0 aliphatic heterocycles. The summed E-state index contributed by atoms with van der Waals surface area (Å²) in [5.41, 5.74) is 2.67. The monoisotopic (exact) mass is 256 g/mol. The second-order valence-electron chi connectivity index (χ2n) is 4.30. The number of hydrogen-bond donors (Lipinski definition) is 0. The summed E-state index contributed by atoms with van der Waals surface area (Å²) in [6, 6.07) is 9.36. The van der Waals surface area contributed by atoms with Crippen LogP contribution in [0.1, 0.15) is 10.4 Å². The molecule has 0 N–H and O–H groups in total. The first kappa shape index (κ1) is 11.5. The molecule has 0 aliphatic rings. The molecule has 0 atom stereocenters. The first-order chi connectivity index (χ1) is 9.20. The largest absolute Gasteiger partial charge is 0.465 e. The number of aryl methyl sites for hydroxylation is 1. The Bertz CT molecular complexity index is 738. The van der Waals surface area contributed by atoms with Crippen molar-refractivity contribution in [2.24, 2.45) is 7.05 Å². The maximum absolute atomic E-state index is 11.4. The predicted octanol–water partition coefficient (Wildman–Crippen LogP) is 1.32. The van der Waals surface area contributed by atoms with Crippen molar-refractivity contribution in [1.29, 1.82) is 0 Å². The second kappa shape index (κ2) is 4.28. The van der Waals surface area contributed by atoms with Gasteiger partial charge in [0.1, 0.15) is 13.2 Å². The average Bonchev–Trinajstić information content (AvgIpc) is 3.02. The number of esters is 1. The van der Waals surface area contributed by atoms with Gasteiger partial charge in [-0.3, -0.25) is 0 Å². The molecule has 3 rings (SSSR count). The summed E-state index contributed by atoms with van der Waals surface area (Å²) in [5.74, 6) is -0.319. The van der Waals surface area contributed by atoms with Crippen LogP contribution in [0.5, 0.6) is 0 Å². The van der Waals surface area contributed by atoms with Crippen LogP contribution in [0.2, 0.25) is 0 Å². The lowest BCUT2D eigenvalue weighted by Crippen LogP contribution is -2.24. The van der Waals surface area contributed by atoms with Crippen LogP contribution in [0, 0.1) is 0 Å². The standard InChI is InChI=1S/C14H14N3O2/c1-15-13(10-16-8-3-9-17(15)16)11-4-6-12(7-5-11)14(18)19-2/h3-10H,1-2H3/q+1. The molecule has 0 aliphatic carbocycles. The van der Waals surface area contributed by atoms with Crippen molar-refractivity contribution in [3.8, 4) is 11.3 Å². The van der Waals surface area contributed by atoms with Crippen molar-refractivity contribution in [3.63, 3.8) is 0 Å². The lowest BCUT2D eigenvalue weighted by molar-refractivity contribution is -0.620. The number of carbonyl (C=O) groups excluding carboxylic acids is 1. The first-order valence-electron chi connectivity index (χ1n) is 5.94. The van der Waals surface area contributed by atoms with E-state index in [1.807, 2.05) is 57.7 Å². The molecule has 5 heteroatoms. The molecule has 0 bridgehead atoms. The fraction of sp³-hybridized carbons (Fsp3) is 0.143. The minimum absolute atomic E-state index is 0.319. The number of carbonyl (C=O) groups is 1. The van der Waals surface area contributed by atoms with E-state index < -0.39 is 0 Å². The zero-order chi connectivity index (χ0) is 13.4. The van der Waals surface area contributed by atoms with Crippen LogP contribution in [0.4, 0.5) is 0 Å². The van der Waals surface area contributed by atoms with E-state index in [-0.39, 0.29) is 5.97 Å². The Hall–Kier alpha value is -2.56. The maximum Gasteiger partial charge on any atom is 0.337 e. The van der Waals surface area contributed by atoms with Crippen molar-refractivity contribution in [3.05, 3.63) is 54.5 Å². The van der Waals surface area contributed by atoms with E-state index in [0.717, 1.165) is 11.3 Å². The molecule has 3 aromatic rings. The molecule has 0 saturated carbocycles. The van der Waals surface area contributed by atoms with Gasteiger partial charge in [0.05, 0.1) is 18.9 Å². The van der Waals surface area contributed by atoms with Crippen molar-refractivity contribution in [1.82, 2.24) is 9.31 Å². The number of nitrogens with zero attached hydrogens (tertiary/aromatic N) is 3. The highest BCUT2D eigenvalue weighted by molar-refractivity contribution is 5.89. The Labute approximate surface area is 110 Å². The fourth-order valence-corrected chi connectivity index (χ4v) is 2.18. The molecule has 0 radical (unpaired) electrons. The molecular formula is C14H14N3O2+. The van der Waals surface area contributed by atoms with Gasteiger partial charge >= 0.3 is 5.97 Å². The molecule has 0 spiro atoms. The Morgan fingerprint density at radius 2 is 2.00 bits per heavy atom. The smallest absolute Gasteiger partial charge is 0.337 e. The van der Waals surface area contributed by atoms with Crippen LogP contribution in [0.3, 0.4) is 0 Å². The quantitative estimate of drug-likeness (QED) is 0.512. The molecular weight excluding hydrogens is 242 g/mol. The summed E-state index contributed by atoms with van der Waals surface area (Å²) in [7, 11) is 3.37. The zero-order valence-electron chi connectivity index (χ0n) is 10.8. The molecule has 1 aromatic carbocycles. The van der Waals surface area contributed by atoms with Gasteiger partial charge in [0, 0.05) is 11.6 Å². The fourth-order valence-electron chi connectivity index (χ4n) is 2.18. The van der Waals surface area contributed by atoms with E-state index in [1.165, 1.54) is 7.11 Å². The van der Waals surface area contributed by atoms with E-state index in [4.69, 9.17) is 0 Å². The average molecular weight is 256 g/mol. The van der Waals surface area contributed by atoms with Crippen LogP contribution < -0.4 is 4.52 Å². The molecule has 5 nitrogen and oxygen atoms in total. The number of methoxy groups -OCH3 is 1. The number of fused-ring (bicyclic) bond motifs is 1. The molecule has 2 aromatic heterocycles. The molecule has 96 valence electrons. The number of rotatable bonds is 2. The third-order valence-corrected chi connectivity index (χ3v) is 3.21.